The summed E-state index contributed by atoms with van der Waals surface area (Å²) in [7, 11) is 0. The van der Waals surface area contributed by atoms with Crippen molar-refractivity contribution in [1.82, 2.24) is 9.78 Å². The summed E-state index contributed by atoms with van der Waals surface area (Å²) < 4.78 is 32.5. The van der Waals surface area contributed by atoms with E-state index in [0.717, 1.165) is 38.3 Å². The number of hydrogen-bond donors (Lipinski definition) is 1. The highest BCUT2D eigenvalue weighted by molar-refractivity contribution is 5.33. The van der Waals surface area contributed by atoms with E-state index in [1.165, 1.54) is 4.68 Å². The number of ether oxygens (including phenoxy) is 1. The molecule has 23 heavy (non-hydrogen) atoms. The van der Waals surface area contributed by atoms with Crippen molar-refractivity contribution in [3.63, 3.8) is 0 Å². The van der Waals surface area contributed by atoms with Crippen molar-refractivity contribution in [3.8, 4) is 0 Å². The van der Waals surface area contributed by atoms with Crippen LogP contribution in [0.1, 0.15) is 50.3 Å². The molecule has 1 aliphatic carbocycles. The molecule has 9 heteroatoms. The number of nitrogens with two attached hydrogens (primary N) is 1. The van der Waals surface area contributed by atoms with Gasteiger partial charge in [0.15, 0.2) is 0 Å². The van der Waals surface area contributed by atoms with Crippen molar-refractivity contribution in [2.45, 2.75) is 44.6 Å². The lowest BCUT2D eigenvalue weighted by molar-refractivity contribution is -0.386. The predicted octanol–water partition coefficient (Wildman–Crippen LogP) is 2.83. The van der Waals surface area contributed by atoms with Crippen LogP contribution in [-0.4, -0.2) is 34.5 Å². The van der Waals surface area contributed by atoms with Crippen LogP contribution in [0.15, 0.2) is 6.20 Å². The normalized spacial score (nSPS) is 21.7. The minimum Gasteiger partial charge on any atom is -0.381 e. The van der Waals surface area contributed by atoms with Gasteiger partial charge in [0.2, 0.25) is 5.69 Å². The number of nitro groups is 1. The van der Waals surface area contributed by atoms with Gasteiger partial charge in [0, 0.05) is 13.2 Å². The van der Waals surface area contributed by atoms with Gasteiger partial charge in [-0.15, -0.1) is 0 Å². The molecular weight excluding hydrogens is 310 g/mol. The van der Waals surface area contributed by atoms with Crippen molar-refractivity contribution in [3.05, 3.63) is 22.0 Å². The van der Waals surface area contributed by atoms with Crippen LogP contribution in [0, 0.1) is 16.0 Å². The first-order chi connectivity index (χ1) is 11.0. The van der Waals surface area contributed by atoms with Gasteiger partial charge in [0.25, 0.3) is 6.43 Å². The first kappa shape index (κ1) is 17.7. The zero-order valence-electron chi connectivity index (χ0n) is 12.9. The van der Waals surface area contributed by atoms with Gasteiger partial charge in [0.05, 0.1) is 11.0 Å². The third-order valence-electron chi connectivity index (χ3n) is 4.18. The van der Waals surface area contributed by atoms with Gasteiger partial charge in [0.1, 0.15) is 6.20 Å². The van der Waals surface area contributed by atoms with E-state index in [2.05, 4.69) is 5.10 Å². The molecule has 0 atom stereocenters. The molecule has 130 valence electrons. The summed E-state index contributed by atoms with van der Waals surface area (Å²) >= 11 is 0. The van der Waals surface area contributed by atoms with E-state index in [-0.39, 0.29) is 6.04 Å². The minimum atomic E-state index is -2.94. The Bertz CT molecular complexity index is 516. The molecule has 1 aliphatic rings. The maximum atomic E-state index is 12.8. The number of halogens is 2. The van der Waals surface area contributed by atoms with Crippen molar-refractivity contribution >= 4 is 5.69 Å². The van der Waals surface area contributed by atoms with Crippen molar-refractivity contribution in [1.29, 1.82) is 0 Å². The molecule has 1 fully saturated rings. The van der Waals surface area contributed by atoms with E-state index >= 15 is 0 Å². The minimum absolute atomic E-state index is 0.0681. The molecule has 0 spiro atoms. The fraction of sp³-hybridized carbons (Fsp3) is 0.786. The van der Waals surface area contributed by atoms with Crippen LogP contribution in [0.25, 0.3) is 0 Å². The molecule has 0 unspecified atom stereocenters. The van der Waals surface area contributed by atoms with Gasteiger partial charge in [-0.2, -0.15) is 5.10 Å². The quantitative estimate of drug-likeness (QED) is 0.448. The molecule has 7 nitrogen and oxygen atoms in total. The SMILES string of the molecule is NCCCOC[C@H]1CC[C@H](n2cc([N+](=O)[O-])c(C(F)F)n2)CC1. The summed E-state index contributed by atoms with van der Waals surface area (Å²) in [6.45, 7) is 1.94. The predicted molar refractivity (Wildman–Crippen MR) is 79.3 cm³/mol. The Morgan fingerprint density at radius 3 is 2.65 bits per heavy atom. The Morgan fingerprint density at radius 2 is 2.13 bits per heavy atom. The van der Waals surface area contributed by atoms with E-state index in [9.17, 15) is 18.9 Å². The zero-order chi connectivity index (χ0) is 16.8. The smallest absolute Gasteiger partial charge is 0.316 e. The topological polar surface area (TPSA) is 96.2 Å². The molecule has 0 aromatic carbocycles. The van der Waals surface area contributed by atoms with Crippen LogP contribution in [0.2, 0.25) is 0 Å². The average Bonchev–Trinajstić information content (AvgIpc) is 2.98. The number of nitrogens with zero attached hydrogens (tertiary/aromatic N) is 3. The van der Waals surface area contributed by atoms with Crippen molar-refractivity contribution in [2.75, 3.05) is 19.8 Å². The molecule has 0 amide bonds. The zero-order valence-corrected chi connectivity index (χ0v) is 12.9. The molecule has 0 radical (unpaired) electrons. The first-order valence-corrected chi connectivity index (χ1v) is 7.82. The molecule has 1 aromatic rings. The standard InChI is InChI=1S/C14H22F2N4O3/c15-14(16)13-12(20(21)22)8-19(18-13)11-4-2-10(3-5-11)9-23-7-1-6-17/h8,10-11,14H,1-7,9,17H2/t10-,11-. The monoisotopic (exact) mass is 332 g/mol. The lowest BCUT2D eigenvalue weighted by Crippen LogP contribution is -2.22. The van der Waals surface area contributed by atoms with Crippen LogP contribution in [0.3, 0.4) is 0 Å². The second kappa shape index (κ2) is 8.30. The van der Waals surface area contributed by atoms with E-state index in [1.807, 2.05) is 0 Å². The second-order valence-corrected chi connectivity index (χ2v) is 5.83. The lowest BCUT2D eigenvalue weighted by Gasteiger charge is -2.28. The lowest BCUT2D eigenvalue weighted by atomic mass is 9.86. The molecule has 1 saturated carbocycles. The summed E-state index contributed by atoms with van der Waals surface area (Å²) in [6.07, 6.45) is 2.32. The van der Waals surface area contributed by atoms with Crippen LogP contribution in [0.4, 0.5) is 14.5 Å². The fourth-order valence-corrected chi connectivity index (χ4v) is 2.89. The first-order valence-electron chi connectivity index (χ1n) is 7.82. The van der Waals surface area contributed by atoms with Crippen molar-refractivity contribution in [2.24, 2.45) is 11.7 Å². The Hall–Kier alpha value is -1.61. The third-order valence-corrected chi connectivity index (χ3v) is 4.18. The highest BCUT2D eigenvalue weighted by Crippen LogP contribution is 2.35. The van der Waals surface area contributed by atoms with Crippen LogP contribution in [0.5, 0.6) is 0 Å². The van der Waals surface area contributed by atoms with Crippen molar-refractivity contribution < 1.29 is 18.4 Å². The van der Waals surface area contributed by atoms with Gasteiger partial charge in [-0.3, -0.25) is 14.8 Å². The molecule has 0 saturated heterocycles. The number of aromatic nitrogens is 2. The number of rotatable bonds is 8. The van der Waals surface area contributed by atoms with Gasteiger partial charge < -0.3 is 10.5 Å². The molecule has 0 aliphatic heterocycles. The average molecular weight is 332 g/mol. The number of hydrogen-bond acceptors (Lipinski definition) is 5. The van der Waals surface area contributed by atoms with Crippen LogP contribution >= 0.6 is 0 Å². The van der Waals surface area contributed by atoms with Crippen LogP contribution < -0.4 is 5.73 Å². The van der Waals surface area contributed by atoms with Gasteiger partial charge in [-0.05, 0) is 44.6 Å². The summed E-state index contributed by atoms with van der Waals surface area (Å²) in [6, 6.07) is -0.0681. The van der Waals surface area contributed by atoms with Gasteiger partial charge in [-0.25, -0.2) is 8.78 Å². The molecule has 2 N–H and O–H groups in total. The summed E-state index contributed by atoms with van der Waals surface area (Å²) in [4.78, 5) is 10.0. The Balaban J connectivity index is 1.90. The van der Waals surface area contributed by atoms with E-state index in [0.29, 0.717) is 25.7 Å². The van der Waals surface area contributed by atoms with Crippen LogP contribution in [-0.2, 0) is 4.74 Å². The highest BCUT2D eigenvalue weighted by atomic mass is 19.3. The summed E-state index contributed by atoms with van der Waals surface area (Å²) in [5.74, 6) is 0.434. The van der Waals surface area contributed by atoms with Gasteiger partial charge >= 0.3 is 5.69 Å². The number of alkyl halides is 2. The Kier molecular flexibility index (Phi) is 6.40. The second-order valence-electron chi connectivity index (χ2n) is 5.83. The largest absolute Gasteiger partial charge is 0.381 e. The summed E-state index contributed by atoms with van der Waals surface area (Å²) in [5.41, 5.74) is 4.04. The third kappa shape index (κ3) is 4.68. The maximum absolute atomic E-state index is 12.8. The molecular formula is C14H22F2N4O3. The van der Waals surface area contributed by atoms with Gasteiger partial charge in [-0.1, -0.05) is 0 Å². The molecule has 1 heterocycles. The maximum Gasteiger partial charge on any atom is 0.316 e. The Labute approximate surface area is 132 Å². The molecule has 0 bridgehead atoms. The van der Waals surface area contributed by atoms with E-state index in [1.54, 1.807) is 0 Å². The molecule has 1 aromatic heterocycles. The van der Waals surface area contributed by atoms with E-state index in [4.69, 9.17) is 10.5 Å². The highest BCUT2D eigenvalue weighted by Gasteiger charge is 2.30. The summed E-state index contributed by atoms with van der Waals surface area (Å²) in [5, 5.41) is 14.6. The Morgan fingerprint density at radius 1 is 1.43 bits per heavy atom. The van der Waals surface area contributed by atoms with E-state index < -0.39 is 22.7 Å². The molecule has 2 rings (SSSR count). The fourth-order valence-electron chi connectivity index (χ4n) is 2.89.